The highest BCUT2D eigenvalue weighted by molar-refractivity contribution is 5.95. The number of rotatable bonds is 3. The summed E-state index contributed by atoms with van der Waals surface area (Å²) in [5.74, 6) is -0.415. The number of tetrazole rings is 1. The van der Waals surface area contributed by atoms with Gasteiger partial charge in [-0.2, -0.15) is 4.68 Å². The van der Waals surface area contributed by atoms with Crippen molar-refractivity contribution in [3.8, 4) is 5.69 Å². The van der Waals surface area contributed by atoms with E-state index in [2.05, 4.69) is 15.5 Å². The second-order valence-electron chi connectivity index (χ2n) is 6.62. The topological polar surface area (TPSA) is 63.9 Å². The summed E-state index contributed by atoms with van der Waals surface area (Å²) in [5.41, 5.74) is 1.64. The molecule has 2 heterocycles. The van der Waals surface area contributed by atoms with Crippen LogP contribution in [0.15, 0.2) is 42.5 Å². The second-order valence-corrected chi connectivity index (χ2v) is 6.62. The van der Waals surface area contributed by atoms with E-state index < -0.39 is 5.82 Å². The number of aryl methyl sites for hydroxylation is 1. The van der Waals surface area contributed by atoms with E-state index in [1.54, 1.807) is 30.0 Å². The standard InChI is InChI=1S/C19H17F2N5O/c1-12-22-23-24-26(12)18-9-15(8-17(21)10-18)19(27)25-7-6-14(11-25)13-2-4-16(20)5-3-13/h2-5,8-10,14H,6-7,11H2,1H3. The van der Waals surface area contributed by atoms with E-state index in [0.717, 1.165) is 12.0 Å². The fourth-order valence-electron chi connectivity index (χ4n) is 3.42. The van der Waals surface area contributed by atoms with Crippen LogP contribution in [0.25, 0.3) is 5.69 Å². The molecule has 0 saturated carbocycles. The lowest BCUT2D eigenvalue weighted by Crippen LogP contribution is -2.28. The number of halogens is 2. The summed E-state index contributed by atoms with van der Waals surface area (Å²) in [7, 11) is 0. The average molecular weight is 369 g/mol. The number of carbonyl (C=O) groups is 1. The third-order valence-electron chi connectivity index (χ3n) is 4.82. The Hall–Kier alpha value is -3.16. The van der Waals surface area contributed by atoms with Gasteiger partial charge < -0.3 is 4.90 Å². The van der Waals surface area contributed by atoms with Gasteiger partial charge in [0.2, 0.25) is 0 Å². The summed E-state index contributed by atoms with van der Waals surface area (Å²) in [6.07, 6.45) is 0.783. The number of benzene rings is 2. The third kappa shape index (κ3) is 3.42. The number of aromatic nitrogens is 4. The minimum atomic E-state index is -0.528. The van der Waals surface area contributed by atoms with Crippen molar-refractivity contribution in [3.63, 3.8) is 0 Å². The normalized spacial score (nSPS) is 16.7. The summed E-state index contributed by atoms with van der Waals surface area (Å²) in [6, 6.07) is 10.4. The maximum absolute atomic E-state index is 14.1. The van der Waals surface area contributed by atoms with Gasteiger partial charge in [-0.15, -0.1) is 5.10 Å². The molecule has 4 rings (SSSR count). The number of nitrogens with zero attached hydrogens (tertiary/aromatic N) is 5. The zero-order chi connectivity index (χ0) is 19.0. The number of hydrogen-bond acceptors (Lipinski definition) is 4. The first kappa shape index (κ1) is 17.3. The Morgan fingerprint density at radius 2 is 1.89 bits per heavy atom. The Balaban J connectivity index is 1.56. The van der Waals surface area contributed by atoms with Gasteiger partial charge >= 0.3 is 0 Å². The minimum absolute atomic E-state index is 0.143. The Labute approximate surface area is 154 Å². The highest BCUT2D eigenvalue weighted by Crippen LogP contribution is 2.28. The first-order chi connectivity index (χ1) is 13.0. The van der Waals surface area contributed by atoms with Crippen LogP contribution in [0.5, 0.6) is 0 Å². The van der Waals surface area contributed by atoms with Crippen molar-refractivity contribution in [3.05, 3.63) is 71.1 Å². The summed E-state index contributed by atoms with van der Waals surface area (Å²) in [4.78, 5) is 14.6. The van der Waals surface area contributed by atoms with Gasteiger partial charge in [-0.3, -0.25) is 4.79 Å². The maximum Gasteiger partial charge on any atom is 0.254 e. The molecule has 138 valence electrons. The van der Waals surface area contributed by atoms with Gasteiger partial charge in [-0.1, -0.05) is 12.1 Å². The first-order valence-electron chi connectivity index (χ1n) is 8.62. The van der Waals surface area contributed by atoms with E-state index in [-0.39, 0.29) is 23.2 Å². The van der Waals surface area contributed by atoms with Crippen molar-refractivity contribution < 1.29 is 13.6 Å². The number of carbonyl (C=O) groups excluding carboxylic acids is 1. The van der Waals surface area contributed by atoms with E-state index in [0.29, 0.717) is 24.6 Å². The van der Waals surface area contributed by atoms with Crippen LogP contribution in [0.4, 0.5) is 8.78 Å². The lowest BCUT2D eigenvalue weighted by atomic mass is 9.98. The Morgan fingerprint density at radius 1 is 1.11 bits per heavy atom. The van der Waals surface area contributed by atoms with Crippen LogP contribution in [0.1, 0.15) is 34.1 Å². The predicted molar refractivity (Wildman–Crippen MR) is 93.5 cm³/mol. The SMILES string of the molecule is Cc1nnnn1-c1cc(F)cc(C(=O)N2CCC(c3ccc(F)cc3)C2)c1. The Morgan fingerprint density at radius 3 is 2.59 bits per heavy atom. The molecule has 0 bridgehead atoms. The second kappa shape index (κ2) is 6.86. The van der Waals surface area contributed by atoms with Gasteiger partial charge in [0, 0.05) is 24.6 Å². The zero-order valence-corrected chi connectivity index (χ0v) is 14.6. The molecular weight excluding hydrogens is 352 g/mol. The fraction of sp³-hybridized carbons (Fsp3) is 0.263. The largest absolute Gasteiger partial charge is 0.338 e. The van der Waals surface area contributed by atoms with Gasteiger partial charge in [-0.25, -0.2) is 8.78 Å². The molecule has 0 aliphatic carbocycles. The molecule has 1 fully saturated rings. The summed E-state index contributed by atoms with van der Waals surface area (Å²) in [5, 5.41) is 11.1. The van der Waals surface area contributed by atoms with E-state index in [4.69, 9.17) is 0 Å². The monoisotopic (exact) mass is 369 g/mol. The molecule has 1 unspecified atom stereocenters. The van der Waals surface area contributed by atoms with Crippen molar-refractivity contribution >= 4 is 5.91 Å². The van der Waals surface area contributed by atoms with Crippen LogP contribution in [0.3, 0.4) is 0 Å². The molecule has 6 nitrogen and oxygen atoms in total. The van der Waals surface area contributed by atoms with Crippen LogP contribution in [0, 0.1) is 18.6 Å². The first-order valence-corrected chi connectivity index (χ1v) is 8.62. The minimum Gasteiger partial charge on any atom is -0.338 e. The summed E-state index contributed by atoms with van der Waals surface area (Å²) >= 11 is 0. The molecule has 1 aliphatic heterocycles. The van der Waals surface area contributed by atoms with Gasteiger partial charge in [0.05, 0.1) is 5.69 Å². The van der Waals surface area contributed by atoms with Crippen LogP contribution in [-0.4, -0.2) is 44.1 Å². The molecule has 0 radical (unpaired) electrons. The molecule has 1 aromatic heterocycles. The van der Waals surface area contributed by atoms with Gasteiger partial charge in [0.25, 0.3) is 5.91 Å². The van der Waals surface area contributed by atoms with E-state index >= 15 is 0 Å². The quantitative estimate of drug-likeness (QED) is 0.712. The zero-order valence-electron chi connectivity index (χ0n) is 14.6. The molecule has 2 aromatic carbocycles. The highest BCUT2D eigenvalue weighted by Gasteiger charge is 2.28. The molecule has 1 atom stereocenters. The Bertz CT molecular complexity index is 986. The van der Waals surface area contributed by atoms with Gasteiger partial charge in [0.1, 0.15) is 11.6 Å². The molecule has 1 saturated heterocycles. The van der Waals surface area contributed by atoms with E-state index in [1.807, 2.05) is 0 Å². The van der Waals surface area contributed by atoms with Crippen molar-refractivity contribution in [2.75, 3.05) is 13.1 Å². The molecule has 0 N–H and O–H groups in total. The number of likely N-dealkylation sites (tertiary alicyclic amines) is 1. The van der Waals surface area contributed by atoms with Crippen molar-refractivity contribution in [2.24, 2.45) is 0 Å². The maximum atomic E-state index is 14.1. The Kier molecular flexibility index (Phi) is 4.39. The molecule has 0 spiro atoms. The van der Waals surface area contributed by atoms with Crippen molar-refractivity contribution in [1.82, 2.24) is 25.1 Å². The molecule has 3 aromatic rings. The van der Waals surface area contributed by atoms with Crippen molar-refractivity contribution in [1.29, 1.82) is 0 Å². The molecule has 8 heteroatoms. The molecular formula is C19H17F2N5O. The predicted octanol–water partition coefficient (Wildman–Crippen LogP) is 2.88. The number of amides is 1. The highest BCUT2D eigenvalue weighted by atomic mass is 19.1. The lowest BCUT2D eigenvalue weighted by molar-refractivity contribution is 0.0790. The lowest BCUT2D eigenvalue weighted by Gasteiger charge is -2.17. The fourth-order valence-corrected chi connectivity index (χ4v) is 3.42. The van der Waals surface area contributed by atoms with Crippen LogP contribution >= 0.6 is 0 Å². The van der Waals surface area contributed by atoms with Crippen LogP contribution in [-0.2, 0) is 0 Å². The van der Waals surface area contributed by atoms with Crippen molar-refractivity contribution in [2.45, 2.75) is 19.3 Å². The summed E-state index contributed by atoms with van der Waals surface area (Å²) < 4.78 is 28.6. The van der Waals surface area contributed by atoms with E-state index in [9.17, 15) is 13.6 Å². The van der Waals surface area contributed by atoms with Crippen LogP contribution in [0.2, 0.25) is 0 Å². The van der Waals surface area contributed by atoms with E-state index in [1.165, 1.54) is 28.9 Å². The average Bonchev–Trinajstić information content (AvgIpc) is 3.30. The number of hydrogen-bond donors (Lipinski definition) is 0. The van der Waals surface area contributed by atoms with Gasteiger partial charge in [-0.05, 0) is 59.7 Å². The molecule has 1 aliphatic rings. The molecule has 27 heavy (non-hydrogen) atoms. The van der Waals surface area contributed by atoms with Gasteiger partial charge in [0.15, 0.2) is 5.82 Å². The molecule has 1 amide bonds. The smallest absolute Gasteiger partial charge is 0.254 e. The third-order valence-corrected chi connectivity index (χ3v) is 4.82. The summed E-state index contributed by atoms with van der Waals surface area (Å²) in [6.45, 7) is 2.77. The van der Waals surface area contributed by atoms with Crippen LogP contribution < -0.4 is 0 Å².